The van der Waals surface area contributed by atoms with E-state index in [1.807, 2.05) is 0 Å². The number of hydrogen-bond acceptors (Lipinski definition) is 4. The van der Waals surface area contributed by atoms with Gasteiger partial charge in [0.2, 0.25) is 0 Å². The number of ether oxygens (including phenoxy) is 1. The monoisotopic (exact) mass is 417 g/mol. The average Bonchev–Trinajstić information content (AvgIpc) is 2.89. The van der Waals surface area contributed by atoms with E-state index in [0.29, 0.717) is 5.52 Å². The standard InChI is InChI=1S/C15H11BrF3N3O3/c1-3-25-13(24)10-11-12(23)21(2)9-6-7(15(17,18)19)4-5-8(9)22(11)14(16)20-10/h4-6H,3H2,1-2H3. The molecule has 1 aromatic carbocycles. The lowest BCUT2D eigenvalue weighted by atomic mass is 10.1. The summed E-state index contributed by atoms with van der Waals surface area (Å²) in [6.07, 6.45) is -4.54. The second-order valence-electron chi connectivity index (χ2n) is 5.20. The first-order valence-electron chi connectivity index (χ1n) is 7.11. The van der Waals surface area contributed by atoms with Gasteiger partial charge in [0.15, 0.2) is 10.4 Å². The summed E-state index contributed by atoms with van der Waals surface area (Å²) in [7, 11) is 1.33. The van der Waals surface area contributed by atoms with E-state index in [9.17, 15) is 22.8 Å². The lowest BCUT2D eigenvalue weighted by Crippen LogP contribution is -2.22. The first-order chi connectivity index (χ1) is 11.7. The zero-order valence-corrected chi connectivity index (χ0v) is 14.6. The SMILES string of the molecule is CCOC(=O)c1nc(Br)n2c1c(=O)n(C)c1cc(C(F)(F)F)ccc12. The van der Waals surface area contributed by atoms with Gasteiger partial charge in [0.05, 0.1) is 23.2 Å². The van der Waals surface area contributed by atoms with E-state index in [1.54, 1.807) is 6.92 Å². The Bertz CT molecular complexity index is 1070. The average molecular weight is 418 g/mol. The zero-order valence-electron chi connectivity index (χ0n) is 13.0. The quantitative estimate of drug-likeness (QED) is 0.600. The lowest BCUT2D eigenvalue weighted by molar-refractivity contribution is -0.137. The topological polar surface area (TPSA) is 65.6 Å². The van der Waals surface area contributed by atoms with Crippen LogP contribution in [0.5, 0.6) is 0 Å². The van der Waals surface area contributed by atoms with E-state index in [1.165, 1.54) is 17.5 Å². The molecule has 0 atom stereocenters. The predicted molar refractivity (Wildman–Crippen MR) is 86.6 cm³/mol. The third-order valence-electron chi connectivity index (χ3n) is 3.72. The van der Waals surface area contributed by atoms with Gasteiger partial charge in [-0.15, -0.1) is 0 Å². The Morgan fingerprint density at radius 1 is 1.32 bits per heavy atom. The Balaban J connectivity index is 2.45. The molecule has 0 spiro atoms. The van der Waals surface area contributed by atoms with Gasteiger partial charge in [0.1, 0.15) is 5.52 Å². The van der Waals surface area contributed by atoms with Crippen LogP contribution in [0.1, 0.15) is 23.0 Å². The van der Waals surface area contributed by atoms with Gasteiger partial charge in [-0.05, 0) is 41.1 Å². The van der Waals surface area contributed by atoms with Crippen LogP contribution in [0.25, 0.3) is 16.6 Å². The second kappa shape index (κ2) is 5.87. The van der Waals surface area contributed by atoms with Crippen LogP contribution in [0.4, 0.5) is 13.2 Å². The number of esters is 1. The number of aryl methyl sites for hydroxylation is 1. The normalized spacial score (nSPS) is 12.1. The molecule has 6 nitrogen and oxygen atoms in total. The zero-order chi connectivity index (χ0) is 18.5. The van der Waals surface area contributed by atoms with Crippen LogP contribution < -0.4 is 5.56 Å². The van der Waals surface area contributed by atoms with Gasteiger partial charge in [0, 0.05) is 7.05 Å². The third-order valence-corrected chi connectivity index (χ3v) is 4.25. The largest absolute Gasteiger partial charge is 0.461 e. The number of hydrogen-bond donors (Lipinski definition) is 0. The van der Waals surface area contributed by atoms with Crippen molar-refractivity contribution in [2.75, 3.05) is 6.61 Å². The first-order valence-corrected chi connectivity index (χ1v) is 7.91. The highest BCUT2D eigenvalue weighted by molar-refractivity contribution is 9.10. The number of benzene rings is 1. The van der Waals surface area contributed by atoms with Crippen molar-refractivity contribution < 1.29 is 22.7 Å². The maximum absolute atomic E-state index is 13.0. The molecule has 0 saturated heterocycles. The van der Waals surface area contributed by atoms with Gasteiger partial charge in [0.25, 0.3) is 5.56 Å². The molecule has 0 saturated carbocycles. The minimum absolute atomic E-state index is 0.0563. The van der Waals surface area contributed by atoms with Crippen LogP contribution in [0.15, 0.2) is 27.7 Å². The van der Waals surface area contributed by atoms with Crippen molar-refractivity contribution in [1.29, 1.82) is 0 Å². The fourth-order valence-corrected chi connectivity index (χ4v) is 3.12. The van der Waals surface area contributed by atoms with Crippen molar-refractivity contribution in [3.8, 4) is 0 Å². The molecule has 0 bridgehead atoms. The predicted octanol–water partition coefficient (Wildman–Crippen LogP) is 3.14. The van der Waals surface area contributed by atoms with Crippen LogP contribution in [-0.2, 0) is 18.0 Å². The summed E-state index contributed by atoms with van der Waals surface area (Å²) < 4.78 is 46.2. The van der Waals surface area contributed by atoms with Crippen LogP contribution in [-0.4, -0.2) is 26.5 Å². The van der Waals surface area contributed by atoms with E-state index in [2.05, 4.69) is 20.9 Å². The van der Waals surface area contributed by atoms with E-state index in [-0.39, 0.29) is 28.1 Å². The third kappa shape index (κ3) is 2.70. The molecule has 0 radical (unpaired) electrons. The molecule has 0 aliphatic rings. The molecule has 3 rings (SSSR count). The highest BCUT2D eigenvalue weighted by Gasteiger charge is 2.31. The molecule has 0 aliphatic carbocycles. The summed E-state index contributed by atoms with van der Waals surface area (Å²) in [5.74, 6) is -0.783. The van der Waals surface area contributed by atoms with Gasteiger partial charge >= 0.3 is 12.1 Å². The van der Waals surface area contributed by atoms with Crippen LogP contribution >= 0.6 is 15.9 Å². The van der Waals surface area contributed by atoms with Gasteiger partial charge < -0.3 is 9.30 Å². The molecule has 3 aromatic rings. The van der Waals surface area contributed by atoms with Crippen molar-refractivity contribution in [3.63, 3.8) is 0 Å². The number of imidazole rings is 1. The highest BCUT2D eigenvalue weighted by Crippen LogP contribution is 2.32. The Morgan fingerprint density at radius 2 is 2.00 bits per heavy atom. The molecule has 0 aliphatic heterocycles. The number of rotatable bonds is 2. The summed E-state index contributed by atoms with van der Waals surface area (Å²) in [5, 5.41) is 0. The van der Waals surface area contributed by atoms with Crippen LogP contribution in [0.2, 0.25) is 0 Å². The molecular formula is C15H11BrF3N3O3. The number of fused-ring (bicyclic) bond motifs is 3. The number of halogens is 4. The van der Waals surface area contributed by atoms with E-state index < -0.39 is 23.3 Å². The number of carbonyl (C=O) groups excluding carboxylic acids is 1. The van der Waals surface area contributed by atoms with Gasteiger partial charge in [-0.2, -0.15) is 13.2 Å². The maximum Gasteiger partial charge on any atom is 0.416 e. The summed E-state index contributed by atoms with van der Waals surface area (Å²) >= 11 is 3.15. The highest BCUT2D eigenvalue weighted by atomic mass is 79.9. The Labute approximate surface area is 147 Å². The van der Waals surface area contributed by atoms with E-state index >= 15 is 0 Å². The van der Waals surface area contributed by atoms with Crippen molar-refractivity contribution in [2.45, 2.75) is 13.1 Å². The van der Waals surface area contributed by atoms with E-state index in [4.69, 9.17) is 4.74 Å². The smallest absolute Gasteiger partial charge is 0.416 e. The molecule has 132 valence electrons. The van der Waals surface area contributed by atoms with Crippen molar-refractivity contribution in [3.05, 3.63) is 44.5 Å². The number of aromatic nitrogens is 3. The minimum Gasteiger partial charge on any atom is -0.461 e. The summed E-state index contributed by atoms with van der Waals surface area (Å²) in [6, 6.07) is 3.02. The maximum atomic E-state index is 13.0. The molecule has 0 N–H and O–H groups in total. The second-order valence-corrected chi connectivity index (χ2v) is 5.91. The Morgan fingerprint density at radius 3 is 2.60 bits per heavy atom. The van der Waals surface area contributed by atoms with Gasteiger partial charge in [-0.25, -0.2) is 9.78 Å². The van der Waals surface area contributed by atoms with E-state index in [0.717, 1.165) is 16.7 Å². The Hall–Kier alpha value is -2.36. The van der Waals surface area contributed by atoms with Crippen LogP contribution in [0, 0.1) is 0 Å². The molecule has 25 heavy (non-hydrogen) atoms. The van der Waals surface area contributed by atoms with Gasteiger partial charge in [-0.1, -0.05) is 0 Å². The number of carbonyl (C=O) groups is 1. The molecule has 10 heteroatoms. The number of alkyl halides is 3. The Kier molecular flexibility index (Phi) is 4.10. The molecule has 0 fully saturated rings. The lowest BCUT2D eigenvalue weighted by Gasteiger charge is -2.12. The molecule has 2 aromatic heterocycles. The molecule has 0 unspecified atom stereocenters. The van der Waals surface area contributed by atoms with Crippen molar-refractivity contribution in [1.82, 2.24) is 14.0 Å². The van der Waals surface area contributed by atoms with Crippen molar-refractivity contribution in [2.24, 2.45) is 7.05 Å². The van der Waals surface area contributed by atoms with Crippen LogP contribution in [0.3, 0.4) is 0 Å². The summed E-state index contributed by atoms with van der Waals surface area (Å²) in [4.78, 5) is 28.7. The molecule has 0 amide bonds. The van der Waals surface area contributed by atoms with Crippen molar-refractivity contribution >= 4 is 38.4 Å². The summed E-state index contributed by atoms with van der Waals surface area (Å²) in [6.45, 7) is 1.70. The summed E-state index contributed by atoms with van der Waals surface area (Å²) in [5.41, 5.74) is -1.46. The fourth-order valence-electron chi connectivity index (χ4n) is 2.58. The van der Waals surface area contributed by atoms with Gasteiger partial charge in [-0.3, -0.25) is 9.20 Å². The first kappa shape index (κ1) is 17.5. The molecule has 2 heterocycles. The molecular weight excluding hydrogens is 407 g/mol. The fraction of sp³-hybridized carbons (Fsp3) is 0.267. The number of nitrogens with zero attached hydrogens (tertiary/aromatic N) is 3. The minimum atomic E-state index is -4.54.